The van der Waals surface area contributed by atoms with Gasteiger partial charge in [-0.2, -0.15) is 0 Å². The standard InChI is InChI=1S/C14H24BrNO/c1-10(9-15)5-4-8-16-14(17)13-11-6-2-3-7-12(11)13/h10-13H,2-9H2,1H3,(H,16,17). The molecular formula is C14H24BrNO. The number of halogens is 1. The van der Waals surface area contributed by atoms with Crippen LogP contribution in [0, 0.1) is 23.7 Å². The van der Waals surface area contributed by atoms with Crippen LogP contribution in [0.2, 0.25) is 0 Å². The summed E-state index contributed by atoms with van der Waals surface area (Å²) in [5.74, 6) is 2.92. The summed E-state index contributed by atoms with van der Waals surface area (Å²) in [5.41, 5.74) is 0. The van der Waals surface area contributed by atoms with Gasteiger partial charge in [0.2, 0.25) is 5.91 Å². The number of carbonyl (C=O) groups is 1. The summed E-state index contributed by atoms with van der Waals surface area (Å²) in [5, 5.41) is 4.19. The minimum Gasteiger partial charge on any atom is -0.356 e. The molecular weight excluding hydrogens is 278 g/mol. The molecule has 0 aromatic rings. The topological polar surface area (TPSA) is 29.1 Å². The van der Waals surface area contributed by atoms with Crippen molar-refractivity contribution in [2.45, 2.75) is 45.4 Å². The Morgan fingerprint density at radius 2 is 2.00 bits per heavy atom. The van der Waals surface area contributed by atoms with E-state index in [0.717, 1.165) is 36.0 Å². The highest BCUT2D eigenvalue weighted by molar-refractivity contribution is 9.09. The molecule has 3 heteroatoms. The normalized spacial score (nSPS) is 32.7. The van der Waals surface area contributed by atoms with Gasteiger partial charge in [0.05, 0.1) is 0 Å². The first kappa shape index (κ1) is 13.4. The molecule has 0 spiro atoms. The van der Waals surface area contributed by atoms with E-state index in [-0.39, 0.29) is 0 Å². The smallest absolute Gasteiger partial charge is 0.223 e. The maximum atomic E-state index is 12.0. The van der Waals surface area contributed by atoms with Gasteiger partial charge in [-0.05, 0) is 43.4 Å². The highest BCUT2D eigenvalue weighted by atomic mass is 79.9. The molecule has 0 aliphatic heterocycles. The number of carbonyl (C=O) groups excluding carboxylic acids is 1. The van der Waals surface area contributed by atoms with Crippen molar-refractivity contribution < 1.29 is 4.79 Å². The number of nitrogens with one attached hydrogen (secondary N) is 1. The third-order valence-electron chi connectivity index (χ3n) is 4.40. The number of fused-ring (bicyclic) bond motifs is 1. The molecule has 0 aromatic heterocycles. The molecule has 0 saturated heterocycles. The third kappa shape index (κ3) is 3.46. The van der Waals surface area contributed by atoms with Gasteiger partial charge in [-0.3, -0.25) is 4.79 Å². The van der Waals surface area contributed by atoms with Gasteiger partial charge in [0, 0.05) is 17.8 Å². The fraction of sp³-hybridized carbons (Fsp3) is 0.929. The molecule has 0 aromatic carbocycles. The van der Waals surface area contributed by atoms with Crippen molar-refractivity contribution in [2.75, 3.05) is 11.9 Å². The first-order valence-corrected chi connectivity index (χ1v) is 8.20. The second-order valence-electron chi connectivity index (χ2n) is 5.83. The lowest BCUT2D eigenvalue weighted by Crippen LogP contribution is -2.27. The first-order valence-electron chi connectivity index (χ1n) is 7.07. The van der Waals surface area contributed by atoms with E-state index in [1.165, 1.54) is 32.1 Å². The summed E-state index contributed by atoms with van der Waals surface area (Å²) in [6.45, 7) is 3.11. The minimum atomic E-state index is 0.341. The van der Waals surface area contributed by atoms with Gasteiger partial charge in [0.15, 0.2) is 0 Å². The summed E-state index contributed by atoms with van der Waals surface area (Å²) in [6, 6.07) is 0. The average molecular weight is 302 g/mol. The van der Waals surface area contributed by atoms with Crippen molar-refractivity contribution in [2.24, 2.45) is 23.7 Å². The number of amides is 1. The quantitative estimate of drug-likeness (QED) is 0.591. The predicted octanol–water partition coefficient (Wildman–Crippen LogP) is 3.35. The van der Waals surface area contributed by atoms with Gasteiger partial charge in [-0.15, -0.1) is 0 Å². The lowest BCUT2D eigenvalue weighted by molar-refractivity contribution is -0.122. The fourth-order valence-electron chi connectivity index (χ4n) is 3.24. The van der Waals surface area contributed by atoms with E-state index in [4.69, 9.17) is 0 Å². The van der Waals surface area contributed by atoms with Crippen molar-refractivity contribution in [3.05, 3.63) is 0 Å². The van der Waals surface area contributed by atoms with E-state index in [0.29, 0.717) is 11.8 Å². The van der Waals surface area contributed by atoms with Crippen molar-refractivity contribution in [3.8, 4) is 0 Å². The zero-order valence-corrected chi connectivity index (χ0v) is 12.3. The molecule has 0 radical (unpaired) electrons. The molecule has 2 nitrogen and oxygen atoms in total. The maximum absolute atomic E-state index is 12.0. The lowest BCUT2D eigenvalue weighted by atomic mass is 10.0. The van der Waals surface area contributed by atoms with Crippen LogP contribution in [0.15, 0.2) is 0 Å². The molecule has 2 aliphatic rings. The number of rotatable bonds is 6. The van der Waals surface area contributed by atoms with Gasteiger partial charge in [-0.1, -0.05) is 35.7 Å². The highest BCUT2D eigenvalue weighted by Crippen LogP contribution is 2.55. The van der Waals surface area contributed by atoms with Crippen LogP contribution in [0.3, 0.4) is 0 Å². The summed E-state index contributed by atoms with van der Waals surface area (Å²) in [7, 11) is 0. The maximum Gasteiger partial charge on any atom is 0.223 e. The zero-order valence-electron chi connectivity index (χ0n) is 10.8. The second-order valence-corrected chi connectivity index (χ2v) is 6.48. The molecule has 17 heavy (non-hydrogen) atoms. The van der Waals surface area contributed by atoms with Gasteiger partial charge in [0.1, 0.15) is 0 Å². The minimum absolute atomic E-state index is 0.341. The molecule has 2 rings (SSSR count). The van der Waals surface area contributed by atoms with Gasteiger partial charge in [-0.25, -0.2) is 0 Å². The molecule has 1 N–H and O–H groups in total. The van der Waals surface area contributed by atoms with Crippen LogP contribution in [0.25, 0.3) is 0 Å². The Balaban J connectivity index is 1.59. The fourth-order valence-corrected chi connectivity index (χ4v) is 3.56. The van der Waals surface area contributed by atoms with Crippen molar-refractivity contribution >= 4 is 21.8 Å². The van der Waals surface area contributed by atoms with Gasteiger partial charge in [0.25, 0.3) is 0 Å². The van der Waals surface area contributed by atoms with E-state index in [1.54, 1.807) is 0 Å². The van der Waals surface area contributed by atoms with Crippen molar-refractivity contribution in [1.29, 1.82) is 0 Å². The van der Waals surface area contributed by atoms with Crippen LogP contribution in [0.4, 0.5) is 0 Å². The van der Waals surface area contributed by atoms with Crippen LogP contribution in [-0.2, 0) is 4.79 Å². The Hall–Kier alpha value is -0.0500. The Morgan fingerprint density at radius 1 is 1.35 bits per heavy atom. The monoisotopic (exact) mass is 301 g/mol. The molecule has 3 atom stereocenters. The molecule has 2 fully saturated rings. The third-order valence-corrected chi connectivity index (χ3v) is 5.50. The summed E-state index contributed by atoms with van der Waals surface area (Å²) < 4.78 is 0. The number of alkyl halides is 1. The Labute approximate surface area is 113 Å². The SMILES string of the molecule is CC(CBr)CCCNC(=O)C1C2CCCCC21. The Bertz CT molecular complexity index is 257. The zero-order chi connectivity index (χ0) is 12.3. The van der Waals surface area contributed by atoms with Crippen LogP contribution in [0.1, 0.15) is 45.4 Å². The molecule has 98 valence electrons. The Morgan fingerprint density at radius 3 is 2.59 bits per heavy atom. The number of hydrogen-bond acceptors (Lipinski definition) is 1. The average Bonchev–Trinajstić information content (AvgIpc) is 3.08. The van der Waals surface area contributed by atoms with E-state index >= 15 is 0 Å². The predicted molar refractivity (Wildman–Crippen MR) is 74.1 cm³/mol. The van der Waals surface area contributed by atoms with Gasteiger partial charge >= 0.3 is 0 Å². The second kappa shape index (κ2) is 6.21. The summed E-state index contributed by atoms with van der Waals surface area (Å²) in [6.07, 6.45) is 7.58. The first-order chi connectivity index (χ1) is 8.24. The lowest BCUT2D eigenvalue weighted by Gasteiger charge is -2.08. The van der Waals surface area contributed by atoms with Gasteiger partial charge < -0.3 is 5.32 Å². The molecule has 3 unspecified atom stereocenters. The van der Waals surface area contributed by atoms with E-state index in [1.807, 2.05) is 0 Å². The molecule has 1 amide bonds. The molecule has 0 bridgehead atoms. The summed E-state index contributed by atoms with van der Waals surface area (Å²) in [4.78, 5) is 12.0. The molecule has 2 saturated carbocycles. The van der Waals surface area contributed by atoms with Crippen molar-refractivity contribution in [1.82, 2.24) is 5.32 Å². The van der Waals surface area contributed by atoms with Crippen LogP contribution < -0.4 is 5.32 Å². The Kier molecular flexibility index (Phi) is 4.89. The molecule has 2 aliphatic carbocycles. The van der Waals surface area contributed by atoms with E-state index < -0.39 is 0 Å². The highest BCUT2D eigenvalue weighted by Gasteiger charge is 2.54. The molecule has 0 heterocycles. The van der Waals surface area contributed by atoms with Crippen LogP contribution in [0.5, 0.6) is 0 Å². The van der Waals surface area contributed by atoms with Crippen LogP contribution in [-0.4, -0.2) is 17.8 Å². The number of hydrogen-bond donors (Lipinski definition) is 1. The van der Waals surface area contributed by atoms with Crippen molar-refractivity contribution in [3.63, 3.8) is 0 Å². The van der Waals surface area contributed by atoms with E-state index in [2.05, 4.69) is 28.2 Å². The van der Waals surface area contributed by atoms with E-state index in [9.17, 15) is 4.79 Å². The largest absolute Gasteiger partial charge is 0.356 e. The van der Waals surface area contributed by atoms with Crippen LogP contribution >= 0.6 is 15.9 Å². The summed E-state index contributed by atoms with van der Waals surface area (Å²) >= 11 is 3.48.